The predicted octanol–water partition coefficient (Wildman–Crippen LogP) is 6.81. The highest BCUT2D eigenvalue weighted by molar-refractivity contribution is 7.99. The van der Waals surface area contributed by atoms with E-state index >= 15 is 0 Å². The maximum absolute atomic E-state index is 13.1. The van der Waals surface area contributed by atoms with Crippen LogP contribution in [0.2, 0.25) is 0 Å². The van der Waals surface area contributed by atoms with Gasteiger partial charge in [0.2, 0.25) is 0 Å². The maximum Gasteiger partial charge on any atom is 0.416 e. The Labute approximate surface area is 246 Å². The highest BCUT2D eigenvalue weighted by atomic mass is 32.2. The summed E-state index contributed by atoms with van der Waals surface area (Å²) in [4.78, 5) is 33.0. The summed E-state index contributed by atoms with van der Waals surface area (Å²) >= 11 is 1.90. The molecule has 0 radical (unpaired) electrons. The lowest BCUT2D eigenvalue weighted by Crippen LogP contribution is -2.32. The summed E-state index contributed by atoms with van der Waals surface area (Å²) in [7, 11) is 0. The summed E-state index contributed by atoms with van der Waals surface area (Å²) in [5.41, 5.74) is 4.01. The molecule has 6 nitrogen and oxygen atoms in total. The van der Waals surface area contributed by atoms with Gasteiger partial charge in [-0.1, -0.05) is 29.8 Å². The number of aromatic nitrogens is 1. The Morgan fingerprint density at radius 3 is 2.43 bits per heavy atom. The minimum Gasteiger partial charge on any atom is -0.370 e. The number of carbonyl (C=O) groups is 2. The summed E-state index contributed by atoms with van der Waals surface area (Å²) in [5, 5.41) is 5.70. The van der Waals surface area contributed by atoms with Crippen molar-refractivity contribution in [2.45, 2.75) is 19.6 Å². The normalized spacial score (nSPS) is 13.5. The van der Waals surface area contributed by atoms with Gasteiger partial charge in [-0.3, -0.25) is 14.6 Å². The van der Waals surface area contributed by atoms with Gasteiger partial charge in [-0.2, -0.15) is 24.9 Å². The van der Waals surface area contributed by atoms with E-state index in [0.717, 1.165) is 48.0 Å². The van der Waals surface area contributed by atoms with Gasteiger partial charge in [0.05, 0.1) is 16.9 Å². The van der Waals surface area contributed by atoms with Crippen molar-refractivity contribution in [1.82, 2.24) is 10.3 Å². The SMILES string of the molecule is Cc1cccc(C(=O)Nc2ccc(N3CCSCC3)cc2-c2cc(C(=O)NCc3cccc(C(F)(F)F)c3)ccn2)c1. The van der Waals surface area contributed by atoms with Crippen LogP contribution in [0.15, 0.2) is 85.1 Å². The van der Waals surface area contributed by atoms with E-state index in [-0.39, 0.29) is 12.5 Å². The smallest absolute Gasteiger partial charge is 0.370 e. The molecule has 1 saturated heterocycles. The standard InChI is InChI=1S/C32H29F3N4O2S/c1-21-4-2-6-23(16-21)31(41)38-28-9-8-26(39-12-14-42-15-13-39)19-27(28)29-18-24(10-11-36-29)30(40)37-20-22-5-3-7-25(17-22)32(33,34)35/h2-11,16-19H,12-15,20H2,1H3,(H,37,40)(H,38,41). The van der Waals surface area contributed by atoms with E-state index < -0.39 is 17.6 Å². The lowest BCUT2D eigenvalue weighted by atomic mass is 10.0. The van der Waals surface area contributed by atoms with Crippen molar-refractivity contribution in [1.29, 1.82) is 0 Å². The van der Waals surface area contributed by atoms with Crippen molar-refractivity contribution in [2.75, 3.05) is 34.8 Å². The Balaban J connectivity index is 1.42. The second-order valence-corrected chi connectivity index (χ2v) is 11.2. The molecule has 0 unspecified atom stereocenters. The molecule has 0 atom stereocenters. The summed E-state index contributed by atoms with van der Waals surface area (Å²) in [6, 6.07) is 21.1. The molecule has 0 saturated carbocycles. The second-order valence-electron chi connectivity index (χ2n) is 9.96. The Kier molecular flexibility index (Phi) is 8.82. The number of amides is 2. The number of aryl methyl sites for hydroxylation is 1. The molecule has 4 aromatic rings. The third-order valence-electron chi connectivity index (χ3n) is 6.91. The summed E-state index contributed by atoms with van der Waals surface area (Å²) in [5.74, 6) is 1.31. The first-order chi connectivity index (χ1) is 20.2. The Morgan fingerprint density at radius 2 is 1.67 bits per heavy atom. The number of alkyl halides is 3. The fraction of sp³-hybridized carbons (Fsp3) is 0.219. The molecule has 1 aliphatic rings. The molecule has 2 amide bonds. The van der Waals surface area contributed by atoms with Gasteiger partial charge < -0.3 is 15.5 Å². The van der Waals surface area contributed by atoms with E-state index in [0.29, 0.717) is 33.6 Å². The number of nitrogens with one attached hydrogen (secondary N) is 2. The number of hydrogen-bond donors (Lipinski definition) is 2. The molecule has 0 aliphatic carbocycles. The minimum absolute atomic E-state index is 0.0688. The third kappa shape index (κ3) is 7.12. The van der Waals surface area contributed by atoms with E-state index in [1.54, 1.807) is 18.2 Å². The fourth-order valence-corrected chi connectivity index (χ4v) is 5.62. The van der Waals surface area contributed by atoms with Gasteiger partial charge in [-0.15, -0.1) is 0 Å². The van der Waals surface area contributed by atoms with Gasteiger partial charge in [-0.05, 0) is 67.1 Å². The molecule has 3 aromatic carbocycles. The second kappa shape index (κ2) is 12.7. The number of nitrogens with zero attached hydrogens (tertiary/aromatic N) is 2. The van der Waals surface area contributed by atoms with E-state index in [9.17, 15) is 22.8 Å². The average molecular weight is 591 g/mol. The number of hydrogen-bond acceptors (Lipinski definition) is 5. The summed E-state index contributed by atoms with van der Waals surface area (Å²) in [6.07, 6.45) is -2.96. The zero-order chi connectivity index (χ0) is 29.7. The molecule has 216 valence electrons. The monoisotopic (exact) mass is 590 g/mol. The summed E-state index contributed by atoms with van der Waals surface area (Å²) in [6.45, 7) is 3.64. The topological polar surface area (TPSA) is 74.3 Å². The first-order valence-electron chi connectivity index (χ1n) is 13.4. The molecular formula is C32H29F3N4O2S. The van der Waals surface area contributed by atoms with Crippen molar-refractivity contribution in [3.05, 3.63) is 113 Å². The maximum atomic E-state index is 13.1. The Bertz CT molecular complexity index is 1600. The number of anilines is 2. The Morgan fingerprint density at radius 1 is 0.905 bits per heavy atom. The van der Waals surface area contributed by atoms with Gasteiger partial charge in [0.15, 0.2) is 0 Å². The average Bonchev–Trinajstić information content (AvgIpc) is 3.00. The van der Waals surface area contributed by atoms with Gasteiger partial charge in [0, 0.05) is 59.7 Å². The van der Waals surface area contributed by atoms with Crippen LogP contribution in [-0.2, 0) is 12.7 Å². The van der Waals surface area contributed by atoms with E-state index in [2.05, 4.69) is 20.5 Å². The zero-order valence-corrected chi connectivity index (χ0v) is 23.7. The third-order valence-corrected chi connectivity index (χ3v) is 7.86. The molecule has 2 heterocycles. The van der Waals surface area contributed by atoms with Gasteiger partial charge in [0.25, 0.3) is 11.8 Å². The van der Waals surface area contributed by atoms with Crippen LogP contribution in [0.4, 0.5) is 24.5 Å². The molecule has 0 spiro atoms. The number of halogens is 3. The molecule has 42 heavy (non-hydrogen) atoms. The zero-order valence-electron chi connectivity index (χ0n) is 22.9. The number of carbonyl (C=O) groups excluding carboxylic acids is 2. The van der Waals surface area contributed by atoms with Gasteiger partial charge in [-0.25, -0.2) is 0 Å². The van der Waals surface area contributed by atoms with Crippen LogP contribution >= 0.6 is 11.8 Å². The molecular weight excluding hydrogens is 561 g/mol. The van der Waals surface area contributed by atoms with Crippen molar-refractivity contribution in [2.24, 2.45) is 0 Å². The van der Waals surface area contributed by atoms with Crippen molar-refractivity contribution < 1.29 is 22.8 Å². The molecule has 5 rings (SSSR count). The first-order valence-corrected chi connectivity index (χ1v) is 14.6. The highest BCUT2D eigenvalue weighted by Gasteiger charge is 2.30. The van der Waals surface area contributed by atoms with Crippen molar-refractivity contribution in [3.8, 4) is 11.3 Å². The number of benzene rings is 3. The first kappa shape index (κ1) is 29.2. The van der Waals surface area contributed by atoms with Crippen molar-refractivity contribution >= 4 is 35.0 Å². The molecule has 0 bridgehead atoms. The number of thioether (sulfide) groups is 1. The largest absolute Gasteiger partial charge is 0.416 e. The van der Waals surface area contributed by atoms with Gasteiger partial charge >= 0.3 is 6.18 Å². The lowest BCUT2D eigenvalue weighted by molar-refractivity contribution is -0.137. The summed E-state index contributed by atoms with van der Waals surface area (Å²) < 4.78 is 39.3. The predicted molar refractivity (Wildman–Crippen MR) is 161 cm³/mol. The van der Waals surface area contributed by atoms with Crippen LogP contribution in [0.25, 0.3) is 11.3 Å². The lowest BCUT2D eigenvalue weighted by Gasteiger charge is -2.29. The van der Waals surface area contributed by atoms with Gasteiger partial charge in [0.1, 0.15) is 0 Å². The molecule has 2 N–H and O–H groups in total. The van der Waals surface area contributed by atoms with E-state index in [1.165, 1.54) is 18.3 Å². The van der Waals surface area contributed by atoms with Crippen LogP contribution in [0.3, 0.4) is 0 Å². The van der Waals surface area contributed by atoms with Crippen LogP contribution in [-0.4, -0.2) is 41.4 Å². The molecule has 1 aliphatic heterocycles. The van der Waals surface area contributed by atoms with Crippen LogP contribution < -0.4 is 15.5 Å². The van der Waals surface area contributed by atoms with Crippen molar-refractivity contribution in [3.63, 3.8) is 0 Å². The quantitative estimate of drug-likeness (QED) is 0.247. The van der Waals surface area contributed by atoms with E-state index in [1.807, 2.05) is 55.1 Å². The molecule has 10 heteroatoms. The fourth-order valence-electron chi connectivity index (χ4n) is 4.71. The minimum atomic E-state index is -4.46. The van der Waals surface area contributed by atoms with Crippen LogP contribution in [0.1, 0.15) is 37.4 Å². The highest BCUT2D eigenvalue weighted by Crippen LogP contribution is 2.33. The Hall–Kier alpha value is -4.31. The molecule has 1 fully saturated rings. The number of rotatable bonds is 7. The van der Waals surface area contributed by atoms with E-state index in [4.69, 9.17) is 0 Å². The van der Waals surface area contributed by atoms with Crippen LogP contribution in [0.5, 0.6) is 0 Å². The number of pyridine rings is 1. The van der Waals surface area contributed by atoms with Crippen LogP contribution in [0, 0.1) is 6.92 Å². The molecule has 1 aromatic heterocycles.